The lowest BCUT2D eigenvalue weighted by molar-refractivity contribution is -0.404. The predicted molar refractivity (Wildman–Crippen MR) is 75.1 cm³/mol. The van der Waals surface area contributed by atoms with E-state index in [0.29, 0.717) is 17.9 Å². The summed E-state index contributed by atoms with van der Waals surface area (Å²) < 4.78 is 0. The second kappa shape index (κ2) is 7.36. The zero-order chi connectivity index (χ0) is 13.5. The van der Waals surface area contributed by atoms with Gasteiger partial charge in [-0.05, 0) is 25.7 Å². The third-order valence-corrected chi connectivity index (χ3v) is 4.16. The molecule has 5 nitrogen and oxygen atoms in total. The third-order valence-electron chi connectivity index (χ3n) is 4.16. The van der Waals surface area contributed by atoms with E-state index in [4.69, 9.17) is 0 Å². The monoisotopic (exact) mass is 267 g/mol. The number of hydrogen-bond donors (Lipinski definition) is 2. The number of hydrogen-bond acceptors (Lipinski definition) is 4. The van der Waals surface area contributed by atoms with Gasteiger partial charge in [-0.25, -0.2) is 0 Å². The fraction of sp³-hybridized carbons (Fsp3) is 0.857. The van der Waals surface area contributed by atoms with Crippen molar-refractivity contribution in [3.05, 3.63) is 22.1 Å². The zero-order valence-electron chi connectivity index (χ0n) is 11.6. The fourth-order valence-corrected chi connectivity index (χ4v) is 3.16. The van der Waals surface area contributed by atoms with Crippen molar-refractivity contribution >= 4 is 0 Å². The lowest BCUT2D eigenvalue weighted by Gasteiger charge is -2.29. The molecule has 0 aromatic rings. The Morgan fingerprint density at radius 3 is 1.68 bits per heavy atom. The van der Waals surface area contributed by atoms with Gasteiger partial charge in [0.15, 0.2) is 5.82 Å². The van der Waals surface area contributed by atoms with Crippen LogP contribution >= 0.6 is 0 Å². The van der Waals surface area contributed by atoms with Gasteiger partial charge >= 0.3 is 0 Å². The van der Waals surface area contributed by atoms with E-state index >= 15 is 0 Å². The van der Waals surface area contributed by atoms with Crippen molar-refractivity contribution in [2.75, 3.05) is 0 Å². The molecule has 2 N–H and O–H groups in total. The van der Waals surface area contributed by atoms with Gasteiger partial charge in [-0.2, -0.15) is 0 Å². The van der Waals surface area contributed by atoms with Crippen LogP contribution in [-0.2, 0) is 0 Å². The molecule has 0 bridgehead atoms. The molecule has 108 valence electrons. The average molecular weight is 267 g/mol. The molecule has 2 fully saturated rings. The van der Waals surface area contributed by atoms with E-state index < -0.39 is 0 Å². The van der Waals surface area contributed by atoms with Crippen LogP contribution in [0, 0.1) is 10.1 Å². The summed E-state index contributed by atoms with van der Waals surface area (Å²) in [5, 5.41) is 17.4. The molecular weight excluding hydrogens is 242 g/mol. The topological polar surface area (TPSA) is 67.2 Å². The zero-order valence-corrected chi connectivity index (χ0v) is 11.6. The quantitative estimate of drug-likeness (QED) is 0.593. The maximum absolute atomic E-state index is 10.7. The summed E-state index contributed by atoms with van der Waals surface area (Å²) in [5.41, 5.74) is 0. The van der Waals surface area contributed by atoms with Crippen LogP contribution in [-0.4, -0.2) is 17.0 Å². The largest absolute Gasteiger partial charge is 0.364 e. The maximum Gasteiger partial charge on any atom is 0.274 e. The second-order valence-corrected chi connectivity index (χ2v) is 5.79. The summed E-state index contributed by atoms with van der Waals surface area (Å²) >= 11 is 0. The van der Waals surface area contributed by atoms with E-state index in [1.165, 1.54) is 38.5 Å². The Balaban J connectivity index is 1.88. The van der Waals surface area contributed by atoms with E-state index in [1.807, 2.05) is 0 Å². The molecule has 0 spiro atoms. The van der Waals surface area contributed by atoms with E-state index in [2.05, 4.69) is 10.6 Å². The van der Waals surface area contributed by atoms with Crippen molar-refractivity contribution in [3.8, 4) is 0 Å². The second-order valence-electron chi connectivity index (χ2n) is 5.79. The molecule has 0 radical (unpaired) electrons. The van der Waals surface area contributed by atoms with Gasteiger partial charge in [0.2, 0.25) is 0 Å². The molecule has 0 aromatic carbocycles. The molecule has 2 rings (SSSR count). The van der Waals surface area contributed by atoms with Gasteiger partial charge in [0.05, 0.1) is 4.92 Å². The van der Waals surface area contributed by atoms with E-state index in [9.17, 15) is 10.1 Å². The van der Waals surface area contributed by atoms with Gasteiger partial charge in [-0.15, -0.1) is 0 Å². The van der Waals surface area contributed by atoms with Gasteiger partial charge in [-0.3, -0.25) is 10.1 Å². The first-order chi connectivity index (χ1) is 9.24. The Kier molecular flexibility index (Phi) is 5.48. The lowest BCUT2D eigenvalue weighted by Crippen LogP contribution is -2.41. The van der Waals surface area contributed by atoms with Crippen molar-refractivity contribution in [2.45, 2.75) is 76.3 Å². The summed E-state index contributed by atoms with van der Waals surface area (Å²) in [6.45, 7) is 0. The average Bonchev–Trinajstić information content (AvgIpc) is 2.40. The highest BCUT2D eigenvalue weighted by atomic mass is 16.6. The number of rotatable bonds is 5. The smallest absolute Gasteiger partial charge is 0.274 e. The molecule has 0 unspecified atom stereocenters. The van der Waals surface area contributed by atoms with Crippen LogP contribution < -0.4 is 10.6 Å². The Morgan fingerprint density at radius 2 is 1.32 bits per heavy atom. The summed E-state index contributed by atoms with van der Waals surface area (Å²) in [6, 6.07) is 0.798. The summed E-state index contributed by atoms with van der Waals surface area (Å²) in [4.78, 5) is 10.4. The summed E-state index contributed by atoms with van der Waals surface area (Å²) in [5.74, 6) is 0.615. The summed E-state index contributed by atoms with van der Waals surface area (Å²) in [6.07, 6.45) is 13.1. The van der Waals surface area contributed by atoms with Crippen LogP contribution in [0.3, 0.4) is 0 Å². The van der Waals surface area contributed by atoms with E-state index in [1.54, 1.807) is 0 Å². The van der Waals surface area contributed by atoms with Crippen LogP contribution in [0.25, 0.3) is 0 Å². The van der Waals surface area contributed by atoms with E-state index in [0.717, 1.165) is 31.9 Å². The van der Waals surface area contributed by atoms with Crippen LogP contribution in [0.5, 0.6) is 0 Å². The molecule has 2 aliphatic carbocycles. The molecule has 0 aromatic heterocycles. The Bertz CT molecular complexity index is 297. The number of nitrogens with one attached hydrogen (secondary N) is 2. The highest BCUT2D eigenvalue weighted by Crippen LogP contribution is 2.20. The van der Waals surface area contributed by atoms with Gasteiger partial charge < -0.3 is 10.6 Å². The number of nitro groups is 1. The van der Waals surface area contributed by atoms with Gasteiger partial charge in [0.25, 0.3) is 6.20 Å². The molecule has 0 saturated heterocycles. The first-order valence-corrected chi connectivity index (χ1v) is 7.62. The Morgan fingerprint density at radius 1 is 0.895 bits per heavy atom. The number of nitrogens with zero attached hydrogens (tertiary/aromatic N) is 1. The van der Waals surface area contributed by atoms with Crippen LogP contribution in [0.2, 0.25) is 0 Å². The molecule has 0 aliphatic heterocycles. The van der Waals surface area contributed by atoms with Crippen molar-refractivity contribution in [3.63, 3.8) is 0 Å². The van der Waals surface area contributed by atoms with Crippen molar-refractivity contribution < 1.29 is 4.92 Å². The SMILES string of the molecule is O=[N+]([O-])C=C(NC1CCCCC1)NC1CCCCC1. The molecule has 0 heterocycles. The van der Waals surface area contributed by atoms with Crippen LogP contribution in [0.4, 0.5) is 0 Å². The maximum atomic E-state index is 10.7. The normalized spacial score (nSPS) is 21.7. The van der Waals surface area contributed by atoms with Crippen molar-refractivity contribution in [1.82, 2.24) is 10.6 Å². The third kappa shape index (κ3) is 5.09. The Hall–Kier alpha value is -1.26. The van der Waals surface area contributed by atoms with Crippen molar-refractivity contribution in [1.29, 1.82) is 0 Å². The van der Waals surface area contributed by atoms with Gasteiger partial charge in [0.1, 0.15) is 0 Å². The minimum Gasteiger partial charge on any atom is -0.364 e. The van der Waals surface area contributed by atoms with Crippen LogP contribution in [0.15, 0.2) is 12.0 Å². The predicted octanol–water partition coefficient (Wildman–Crippen LogP) is 2.91. The summed E-state index contributed by atoms with van der Waals surface area (Å²) in [7, 11) is 0. The minimum absolute atomic E-state index is 0.360. The molecule has 5 heteroatoms. The first kappa shape index (κ1) is 14.2. The minimum atomic E-state index is -0.360. The molecule has 0 amide bonds. The molecule has 0 atom stereocenters. The standard InChI is InChI=1S/C14H25N3O2/c18-17(19)11-14(15-12-7-3-1-4-8-12)16-13-9-5-2-6-10-13/h11-13,15-16H,1-10H2. The van der Waals surface area contributed by atoms with Crippen LogP contribution in [0.1, 0.15) is 64.2 Å². The highest BCUT2D eigenvalue weighted by Gasteiger charge is 2.19. The fourth-order valence-electron chi connectivity index (χ4n) is 3.16. The first-order valence-electron chi connectivity index (χ1n) is 7.62. The molecule has 2 aliphatic rings. The van der Waals surface area contributed by atoms with Crippen molar-refractivity contribution in [2.24, 2.45) is 0 Å². The highest BCUT2D eigenvalue weighted by molar-refractivity contribution is 4.98. The molecule has 2 saturated carbocycles. The Labute approximate surface area is 115 Å². The molecular formula is C14H25N3O2. The lowest BCUT2D eigenvalue weighted by atomic mass is 9.95. The molecule has 19 heavy (non-hydrogen) atoms. The van der Waals surface area contributed by atoms with Gasteiger partial charge in [0, 0.05) is 12.1 Å². The van der Waals surface area contributed by atoms with E-state index in [-0.39, 0.29) is 4.92 Å². The van der Waals surface area contributed by atoms with Gasteiger partial charge in [-0.1, -0.05) is 38.5 Å².